The van der Waals surface area contributed by atoms with E-state index in [1.807, 2.05) is 7.05 Å². The summed E-state index contributed by atoms with van der Waals surface area (Å²) in [6, 6.07) is 6.78. The maximum atomic E-state index is 5.57. The molecular formula is C10H12INO. The number of halogens is 1. The maximum Gasteiger partial charge on any atom is 0.124 e. The predicted octanol–water partition coefficient (Wildman–Crippen LogP) is 2.33. The first-order valence-electron chi connectivity index (χ1n) is 4.41. The van der Waals surface area contributed by atoms with E-state index >= 15 is 0 Å². The van der Waals surface area contributed by atoms with Crippen molar-refractivity contribution in [2.24, 2.45) is 0 Å². The second-order valence-corrected chi connectivity index (χ2v) is 4.41. The molecule has 1 N–H and O–H groups in total. The van der Waals surface area contributed by atoms with Crippen LogP contribution in [0.25, 0.3) is 0 Å². The average Bonchev–Trinajstić information content (AvgIpc) is 2.17. The minimum Gasteiger partial charge on any atom is -0.493 e. The van der Waals surface area contributed by atoms with E-state index in [4.69, 9.17) is 4.74 Å². The highest BCUT2D eigenvalue weighted by Crippen LogP contribution is 2.32. The lowest BCUT2D eigenvalue weighted by Crippen LogP contribution is -2.24. The lowest BCUT2D eigenvalue weighted by molar-refractivity contribution is 0.257. The van der Waals surface area contributed by atoms with Crippen molar-refractivity contribution >= 4 is 22.6 Å². The van der Waals surface area contributed by atoms with Crippen LogP contribution in [0.1, 0.15) is 18.0 Å². The van der Waals surface area contributed by atoms with Crippen LogP contribution in [-0.2, 0) is 0 Å². The van der Waals surface area contributed by atoms with Crippen LogP contribution in [0.15, 0.2) is 18.2 Å². The zero-order valence-electron chi connectivity index (χ0n) is 7.51. The second-order valence-electron chi connectivity index (χ2n) is 3.16. The molecule has 1 heterocycles. The summed E-state index contributed by atoms with van der Waals surface area (Å²) in [4.78, 5) is 0. The SMILES string of the molecule is CNC1CCOc2ccc(I)cc21. The number of benzene rings is 1. The van der Waals surface area contributed by atoms with Gasteiger partial charge in [0.2, 0.25) is 0 Å². The smallest absolute Gasteiger partial charge is 0.124 e. The third-order valence-electron chi connectivity index (χ3n) is 2.36. The fourth-order valence-electron chi connectivity index (χ4n) is 1.67. The molecule has 1 atom stereocenters. The first-order chi connectivity index (χ1) is 6.31. The Labute approximate surface area is 91.8 Å². The lowest BCUT2D eigenvalue weighted by atomic mass is 10.0. The van der Waals surface area contributed by atoms with Crippen LogP contribution in [0.3, 0.4) is 0 Å². The molecule has 0 radical (unpaired) electrons. The highest BCUT2D eigenvalue weighted by molar-refractivity contribution is 14.1. The van der Waals surface area contributed by atoms with E-state index in [-0.39, 0.29) is 0 Å². The van der Waals surface area contributed by atoms with Gasteiger partial charge in [-0.3, -0.25) is 0 Å². The van der Waals surface area contributed by atoms with Gasteiger partial charge in [-0.05, 0) is 47.8 Å². The summed E-state index contributed by atoms with van der Waals surface area (Å²) < 4.78 is 6.83. The van der Waals surface area contributed by atoms with Gasteiger partial charge in [0.1, 0.15) is 5.75 Å². The molecular weight excluding hydrogens is 277 g/mol. The van der Waals surface area contributed by atoms with Gasteiger partial charge in [0.15, 0.2) is 0 Å². The fourth-order valence-corrected chi connectivity index (χ4v) is 2.18. The number of hydrogen-bond donors (Lipinski definition) is 1. The van der Waals surface area contributed by atoms with E-state index < -0.39 is 0 Å². The molecule has 13 heavy (non-hydrogen) atoms. The van der Waals surface area contributed by atoms with Gasteiger partial charge in [-0.25, -0.2) is 0 Å². The lowest BCUT2D eigenvalue weighted by Gasteiger charge is -2.25. The van der Waals surface area contributed by atoms with Crippen molar-refractivity contribution in [2.45, 2.75) is 12.5 Å². The molecule has 1 aliphatic rings. The van der Waals surface area contributed by atoms with E-state index in [1.165, 1.54) is 9.13 Å². The molecule has 0 fully saturated rings. The highest BCUT2D eigenvalue weighted by Gasteiger charge is 2.19. The highest BCUT2D eigenvalue weighted by atomic mass is 127. The molecule has 2 rings (SSSR count). The zero-order chi connectivity index (χ0) is 9.26. The van der Waals surface area contributed by atoms with Crippen molar-refractivity contribution in [1.82, 2.24) is 5.32 Å². The molecule has 0 amide bonds. The summed E-state index contributed by atoms with van der Waals surface area (Å²) in [5, 5.41) is 3.30. The van der Waals surface area contributed by atoms with Crippen LogP contribution in [-0.4, -0.2) is 13.7 Å². The number of fused-ring (bicyclic) bond motifs is 1. The molecule has 0 bridgehead atoms. The number of hydrogen-bond acceptors (Lipinski definition) is 2. The first-order valence-corrected chi connectivity index (χ1v) is 5.48. The predicted molar refractivity (Wildman–Crippen MR) is 61.1 cm³/mol. The Morgan fingerprint density at radius 3 is 3.15 bits per heavy atom. The van der Waals surface area contributed by atoms with Crippen molar-refractivity contribution in [2.75, 3.05) is 13.7 Å². The largest absolute Gasteiger partial charge is 0.493 e. The molecule has 1 aliphatic heterocycles. The molecule has 0 saturated carbocycles. The van der Waals surface area contributed by atoms with Gasteiger partial charge < -0.3 is 10.1 Å². The van der Waals surface area contributed by atoms with Crippen molar-refractivity contribution in [3.63, 3.8) is 0 Å². The van der Waals surface area contributed by atoms with Gasteiger partial charge in [-0.2, -0.15) is 0 Å². The molecule has 70 valence electrons. The second kappa shape index (κ2) is 3.84. The van der Waals surface area contributed by atoms with E-state index in [1.54, 1.807) is 0 Å². The first kappa shape index (κ1) is 9.27. The zero-order valence-corrected chi connectivity index (χ0v) is 9.67. The molecule has 0 spiro atoms. The number of nitrogens with one attached hydrogen (secondary N) is 1. The van der Waals surface area contributed by atoms with Gasteiger partial charge in [0.25, 0.3) is 0 Å². The maximum absolute atomic E-state index is 5.57. The average molecular weight is 289 g/mol. The summed E-state index contributed by atoms with van der Waals surface area (Å²) in [6.45, 7) is 0.819. The number of rotatable bonds is 1. The standard InChI is InChI=1S/C10H12INO/c1-12-9-4-5-13-10-3-2-7(11)6-8(9)10/h2-3,6,9,12H,4-5H2,1H3. The van der Waals surface area contributed by atoms with Gasteiger partial charge >= 0.3 is 0 Å². The molecule has 0 aliphatic carbocycles. The molecule has 3 heteroatoms. The van der Waals surface area contributed by atoms with Crippen molar-refractivity contribution in [3.05, 3.63) is 27.3 Å². The Hall–Kier alpha value is -0.290. The van der Waals surface area contributed by atoms with Gasteiger partial charge in [0, 0.05) is 21.6 Å². The van der Waals surface area contributed by atoms with E-state index in [0.29, 0.717) is 6.04 Å². The monoisotopic (exact) mass is 289 g/mol. The minimum absolute atomic E-state index is 0.457. The van der Waals surface area contributed by atoms with E-state index in [0.717, 1.165) is 18.8 Å². The normalized spacial score (nSPS) is 20.6. The quantitative estimate of drug-likeness (QED) is 0.801. The summed E-state index contributed by atoms with van der Waals surface area (Å²) in [6.07, 6.45) is 1.06. The molecule has 1 aromatic carbocycles. The van der Waals surface area contributed by atoms with Crippen LogP contribution < -0.4 is 10.1 Å². The van der Waals surface area contributed by atoms with Gasteiger partial charge in [0.05, 0.1) is 6.61 Å². The molecule has 0 aromatic heterocycles. The van der Waals surface area contributed by atoms with Crippen LogP contribution >= 0.6 is 22.6 Å². The number of ether oxygens (including phenoxy) is 1. The van der Waals surface area contributed by atoms with Crippen LogP contribution in [0.4, 0.5) is 0 Å². The fraction of sp³-hybridized carbons (Fsp3) is 0.400. The Morgan fingerprint density at radius 1 is 1.54 bits per heavy atom. The topological polar surface area (TPSA) is 21.3 Å². The summed E-state index contributed by atoms with van der Waals surface area (Å²) in [5.74, 6) is 1.03. The molecule has 1 aromatic rings. The van der Waals surface area contributed by atoms with Gasteiger partial charge in [-0.1, -0.05) is 0 Å². The third-order valence-corrected chi connectivity index (χ3v) is 3.03. The minimum atomic E-state index is 0.457. The molecule has 2 nitrogen and oxygen atoms in total. The van der Waals surface area contributed by atoms with Crippen molar-refractivity contribution in [1.29, 1.82) is 0 Å². The van der Waals surface area contributed by atoms with Crippen LogP contribution in [0.2, 0.25) is 0 Å². The van der Waals surface area contributed by atoms with Gasteiger partial charge in [-0.15, -0.1) is 0 Å². The van der Waals surface area contributed by atoms with Crippen LogP contribution in [0, 0.1) is 3.57 Å². The summed E-state index contributed by atoms with van der Waals surface area (Å²) in [7, 11) is 2.00. The Balaban J connectivity index is 2.41. The van der Waals surface area contributed by atoms with Crippen molar-refractivity contribution < 1.29 is 4.74 Å². The third kappa shape index (κ3) is 1.81. The van der Waals surface area contributed by atoms with Crippen LogP contribution in [0.5, 0.6) is 5.75 Å². The van der Waals surface area contributed by atoms with Crippen molar-refractivity contribution in [3.8, 4) is 5.75 Å². The van der Waals surface area contributed by atoms with E-state index in [2.05, 4.69) is 46.1 Å². The van der Waals surface area contributed by atoms with E-state index in [9.17, 15) is 0 Å². The summed E-state index contributed by atoms with van der Waals surface area (Å²) in [5.41, 5.74) is 1.29. The Bertz CT molecular complexity index is 314. The Kier molecular flexibility index (Phi) is 2.74. The summed E-state index contributed by atoms with van der Waals surface area (Å²) >= 11 is 2.33. The Morgan fingerprint density at radius 2 is 2.38 bits per heavy atom. The molecule has 0 saturated heterocycles. The molecule has 1 unspecified atom stereocenters.